The van der Waals surface area contributed by atoms with Crippen molar-refractivity contribution in [2.75, 3.05) is 13.1 Å². The van der Waals surface area contributed by atoms with Crippen molar-refractivity contribution in [3.8, 4) is 0 Å². The number of nitrogens with one attached hydrogen (secondary N) is 1. The van der Waals surface area contributed by atoms with Gasteiger partial charge in [0.05, 0.1) is 12.5 Å². The standard InChI is InChI=1S/C7H13NO3/c9-6-4-8-2-1-5(6)3-7(10)11/h5-6,8-9H,1-4H2,(H,10,11)/t5-,6+/m0/s1. The van der Waals surface area contributed by atoms with Gasteiger partial charge in [-0.3, -0.25) is 4.79 Å². The van der Waals surface area contributed by atoms with Crippen LogP contribution in [0.2, 0.25) is 0 Å². The Kier molecular flexibility index (Phi) is 2.84. The number of carboxylic acid groups (broad SMARTS) is 1. The van der Waals surface area contributed by atoms with E-state index < -0.39 is 12.1 Å². The highest BCUT2D eigenvalue weighted by Crippen LogP contribution is 2.15. The number of carboxylic acids is 1. The van der Waals surface area contributed by atoms with E-state index in [0.29, 0.717) is 6.54 Å². The van der Waals surface area contributed by atoms with Gasteiger partial charge < -0.3 is 15.5 Å². The number of hydrogen-bond acceptors (Lipinski definition) is 3. The molecule has 4 heteroatoms. The van der Waals surface area contributed by atoms with Gasteiger partial charge >= 0.3 is 5.97 Å². The van der Waals surface area contributed by atoms with Crippen molar-refractivity contribution in [1.29, 1.82) is 0 Å². The first-order valence-corrected chi connectivity index (χ1v) is 3.80. The molecule has 0 aliphatic carbocycles. The molecule has 1 saturated heterocycles. The summed E-state index contributed by atoms with van der Waals surface area (Å²) in [5, 5.41) is 20.7. The third-order valence-electron chi connectivity index (χ3n) is 2.03. The van der Waals surface area contributed by atoms with E-state index in [2.05, 4.69) is 5.32 Å². The minimum absolute atomic E-state index is 0.0613. The third kappa shape index (κ3) is 2.48. The van der Waals surface area contributed by atoms with Crippen LogP contribution in [0, 0.1) is 5.92 Å². The maximum atomic E-state index is 10.3. The van der Waals surface area contributed by atoms with E-state index in [1.54, 1.807) is 0 Å². The second-order valence-corrected chi connectivity index (χ2v) is 2.92. The molecule has 0 spiro atoms. The lowest BCUT2D eigenvalue weighted by Crippen LogP contribution is -2.41. The smallest absolute Gasteiger partial charge is 0.303 e. The van der Waals surface area contributed by atoms with Crippen molar-refractivity contribution in [3.05, 3.63) is 0 Å². The number of rotatable bonds is 2. The third-order valence-corrected chi connectivity index (χ3v) is 2.03. The van der Waals surface area contributed by atoms with Gasteiger partial charge in [-0.25, -0.2) is 0 Å². The van der Waals surface area contributed by atoms with Crippen molar-refractivity contribution >= 4 is 5.97 Å². The molecule has 2 atom stereocenters. The molecule has 1 heterocycles. The number of carbonyl (C=O) groups is 1. The van der Waals surface area contributed by atoms with E-state index in [-0.39, 0.29) is 12.3 Å². The molecule has 0 amide bonds. The minimum atomic E-state index is -0.823. The molecule has 3 N–H and O–H groups in total. The van der Waals surface area contributed by atoms with Gasteiger partial charge in [-0.2, -0.15) is 0 Å². The summed E-state index contributed by atoms with van der Waals surface area (Å²) in [4.78, 5) is 10.3. The summed E-state index contributed by atoms with van der Waals surface area (Å²) in [6.07, 6.45) is 0.357. The second-order valence-electron chi connectivity index (χ2n) is 2.92. The molecule has 0 aromatic carbocycles. The molecule has 1 fully saturated rings. The topological polar surface area (TPSA) is 69.6 Å². The zero-order valence-corrected chi connectivity index (χ0v) is 6.29. The summed E-state index contributed by atoms with van der Waals surface area (Å²) >= 11 is 0. The first kappa shape index (κ1) is 8.49. The van der Waals surface area contributed by atoms with Crippen LogP contribution in [0.1, 0.15) is 12.8 Å². The van der Waals surface area contributed by atoms with Crippen molar-refractivity contribution in [1.82, 2.24) is 5.32 Å². The summed E-state index contributed by atoms with van der Waals surface area (Å²) in [5.74, 6) is -0.885. The molecule has 0 saturated carbocycles. The van der Waals surface area contributed by atoms with E-state index in [1.807, 2.05) is 0 Å². The second kappa shape index (κ2) is 3.69. The summed E-state index contributed by atoms with van der Waals surface area (Å²) in [6, 6.07) is 0. The molecule has 4 nitrogen and oxygen atoms in total. The molecule has 0 aromatic rings. The Hall–Kier alpha value is -0.610. The highest BCUT2D eigenvalue weighted by Gasteiger charge is 2.24. The molecule has 0 radical (unpaired) electrons. The van der Waals surface area contributed by atoms with Crippen LogP contribution in [0.5, 0.6) is 0 Å². The fourth-order valence-electron chi connectivity index (χ4n) is 1.36. The number of aliphatic carboxylic acids is 1. The van der Waals surface area contributed by atoms with Gasteiger partial charge in [0.25, 0.3) is 0 Å². The molecule has 1 aliphatic rings. The average molecular weight is 159 g/mol. The number of piperidine rings is 1. The predicted molar refractivity (Wildman–Crippen MR) is 39.2 cm³/mol. The van der Waals surface area contributed by atoms with E-state index in [4.69, 9.17) is 5.11 Å². The van der Waals surface area contributed by atoms with E-state index in [9.17, 15) is 9.90 Å². The Balaban J connectivity index is 2.35. The van der Waals surface area contributed by atoms with Crippen LogP contribution >= 0.6 is 0 Å². The van der Waals surface area contributed by atoms with Crippen LogP contribution < -0.4 is 5.32 Å². The Morgan fingerprint density at radius 1 is 1.64 bits per heavy atom. The number of β-amino-alcohol motifs (C(OH)–C–C–N with tert-alkyl or cyclic N) is 1. The van der Waals surface area contributed by atoms with Gasteiger partial charge in [0.2, 0.25) is 0 Å². The summed E-state index contributed by atoms with van der Waals surface area (Å²) in [5.41, 5.74) is 0. The van der Waals surface area contributed by atoms with Crippen LogP contribution in [-0.4, -0.2) is 35.4 Å². The number of aliphatic hydroxyl groups excluding tert-OH is 1. The summed E-state index contributed by atoms with van der Waals surface area (Å²) in [6.45, 7) is 1.34. The van der Waals surface area contributed by atoms with Gasteiger partial charge in [0.15, 0.2) is 0 Å². The van der Waals surface area contributed by atoms with Crippen molar-refractivity contribution < 1.29 is 15.0 Å². The zero-order chi connectivity index (χ0) is 8.27. The lowest BCUT2D eigenvalue weighted by atomic mass is 9.92. The Labute approximate surface area is 65.2 Å². The predicted octanol–water partition coefficient (Wildman–Crippen LogP) is -0.569. The molecule has 1 rings (SSSR count). The number of hydrogen-bond donors (Lipinski definition) is 3. The molecular weight excluding hydrogens is 146 g/mol. The van der Waals surface area contributed by atoms with E-state index in [0.717, 1.165) is 13.0 Å². The lowest BCUT2D eigenvalue weighted by Gasteiger charge is -2.26. The highest BCUT2D eigenvalue weighted by atomic mass is 16.4. The van der Waals surface area contributed by atoms with Crippen LogP contribution in [0.15, 0.2) is 0 Å². The fraction of sp³-hybridized carbons (Fsp3) is 0.857. The first-order chi connectivity index (χ1) is 5.20. The normalized spacial score (nSPS) is 31.7. The first-order valence-electron chi connectivity index (χ1n) is 3.80. The summed E-state index contributed by atoms with van der Waals surface area (Å²) < 4.78 is 0. The highest BCUT2D eigenvalue weighted by molar-refractivity contribution is 5.67. The van der Waals surface area contributed by atoms with Crippen LogP contribution in [0.4, 0.5) is 0 Å². The van der Waals surface area contributed by atoms with Crippen LogP contribution in [0.25, 0.3) is 0 Å². The lowest BCUT2D eigenvalue weighted by molar-refractivity contribution is -0.139. The fourth-order valence-corrected chi connectivity index (χ4v) is 1.36. The van der Waals surface area contributed by atoms with Crippen LogP contribution in [-0.2, 0) is 4.79 Å². The van der Waals surface area contributed by atoms with Gasteiger partial charge in [0, 0.05) is 6.54 Å². The maximum absolute atomic E-state index is 10.3. The molecule has 0 unspecified atom stereocenters. The maximum Gasteiger partial charge on any atom is 0.303 e. The van der Waals surface area contributed by atoms with Crippen molar-refractivity contribution in [2.45, 2.75) is 18.9 Å². The largest absolute Gasteiger partial charge is 0.481 e. The van der Waals surface area contributed by atoms with Gasteiger partial charge in [-0.1, -0.05) is 0 Å². The van der Waals surface area contributed by atoms with Crippen molar-refractivity contribution in [2.24, 2.45) is 5.92 Å². The molecule has 11 heavy (non-hydrogen) atoms. The SMILES string of the molecule is O=C(O)C[C@@H]1CCNC[C@H]1O. The molecular formula is C7H13NO3. The minimum Gasteiger partial charge on any atom is -0.481 e. The molecule has 0 aromatic heterocycles. The molecule has 0 bridgehead atoms. The monoisotopic (exact) mass is 159 g/mol. The molecule has 1 aliphatic heterocycles. The van der Waals surface area contributed by atoms with Crippen LogP contribution in [0.3, 0.4) is 0 Å². The Bertz CT molecular complexity index is 149. The summed E-state index contributed by atoms with van der Waals surface area (Å²) in [7, 11) is 0. The van der Waals surface area contributed by atoms with Gasteiger partial charge in [-0.15, -0.1) is 0 Å². The van der Waals surface area contributed by atoms with Gasteiger partial charge in [-0.05, 0) is 18.9 Å². The van der Waals surface area contributed by atoms with Crippen molar-refractivity contribution in [3.63, 3.8) is 0 Å². The van der Waals surface area contributed by atoms with E-state index in [1.165, 1.54) is 0 Å². The van der Waals surface area contributed by atoms with Gasteiger partial charge in [0.1, 0.15) is 0 Å². The molecule has 64 valence electrons. The quantitative estimate of drug-likeness (QED) is 0.504. The average Bonchev–Trinajstić information content (AvgIpc) is 1.93. The Morgan fingerprint density at radius 2 is 2.36 bits per heavy atom. The number of aliphatic hydroxyl groups is 1. The Morgan fingerprint density at radius 3 is 2.91 bits per heavy atom. The van der Waals surface area contributed by atoms with E-state index >= 15 is 0 Å². The zero-order valence-electron chi connectivity index (χ0n) is 6.29.